The van der Waals surface area contributed by atoms with Crippen LogP contribution in [0.4, 0.5) is 0 Å². The fourth-order valence-electron chi connectivity index (χ4n) is 2.74. The fourth-order valence-corrected chi connectivity index (χ4v) is 2.99. The van der Waals surface area contributed by atoms with Crippen molar-refractivity contribution in [3.05, 3.63) is 28.8 Å². The van der Waals surface area contributed by atoms with E-state index in [-0.39, 0.29) is 24.1 Å². The molecule has 110 valence electrons. The number of hydrogen-bond acceptors (Lipinski definition) is 3. The molecule has 20 heavy (non-hydrogen) atoms. The number of aliphatic hydroxyl groups is 1. The normalized spacial score (nSPS) is 19.4. The molecular weight excluding hydrogens is 278 g/mol. The number of nitrogens with zero attached hydrogens (tertiary/aromatic N) is 1. The number of carbonyl (C=O) groups is 1. The zero-order valence-electron chi connectivity index (χ0n) is 11.8. The van der Waals surface area contributed by atoms with Crippen LogP contribution in [-0.4, -0.2) is 39.2 Å². The van der Waals surface area contributed by atoms with Gasteiger partial charge in [-0.1, -0.05) is 17.7 Å². The van der Waals surface area contributed by atoms with Gasteiger partial charge in [0, 0.05) is 11.6 Å². The molecule has 1 fully saturated rings. The summed E-state index contributed by atoms with van der Waals surface area (Å²) >= 11 is 6.03. The number of amides is 1. The van der Waals surface area contributed by atoms with E-state index < -0.39 is 5.60 Å². The first-order valence-corrected chi connectivity index (χ1v) is 7.16. The molecule has 5 heteroatoms. The summed E-state index contributed by atoms with van der Waals surface area (Å²) in [5, 5.41) is 19.8. The third-order valence-electron chi connectivity index (χ3n) is 3.77. The summed E-state index contributed by atoms with van der Waals surface area (Å²) in [7, 11) is 0. The van der Waals surface area contributed by atoms with Crippen molar-refractivity contribution in [2.24, 2.45) is 0 Å². The highest BCUT2D eigenvalue weighted by atomic mass is 35.5. The Morgan fingerprint density at radius 3 is 2.80 bits per heavy atom. The number of rotatable bonds is 3. The van der Waals surface area contributed by atoms with Crippen LogP contribution < -0.4 is 0 Å². The standard InChI is InChI=1S/C15H20ClNO3/c1-15(2,20)13-4-3-7-17(13)14(19)8-10-5-6-11(18)9-12(10)16/h5-6,9,13,18,20H,3-4,7-8H2,1-2H3. The number of phenols is 1. The number of carbonyl (C=O) groups excluding carboxylic acids is 1. The van der Waals surface area contributed by atoms with Crippen molar-refractivity contribution in [3.8, 4) is 5.75 Å². The summed E-state index contributed by atoms with van der Waals surface area (Å²) in [5.41, 5.74) is -0.207. The van der Waals surface area contributed by atoms with Gasteiger partial charge in [-0.15, -0.1) is 0 Å². The van der Waals surface area contributed by atoms with Gasteiger partial charge in [0.2, 0.25) is 5.91 Å². The summed E-state index contributed by atoms with van der Waals surface area (Å²) in [5.74, 6) is 0.0453. The van der Waals surface area contributed by atoms with Crippen LogP contribution in [-0.2, 0) is 11.2 Å². The highest BCUT2D eigenvalue weighted by molar-refractivity contribution is 6.31. The van der Waals surface area contributed by atoms with Crippen LogP contribution in [0.5, 0.6) is 5.75 Å². The maximum Gasteiger partial charge on any atom is 0.227 e. The SMILES string of the molecule is CC(C)(O)C1CCCN1C(=O)Cc1ccc(O)cc1Cl. The minimum Gasteiger partial charge on any atom is -0.508 e. The number of aromatic hydroxyl groups is 1. The van der Waals surface area contributed by atoms with Gasteiger partial charge in [-0.05, 0) is 44.4 Å². The van der Waals surface area contributed by atoms with Crippen LogP contribution in [0.2, 0.25) is 5.02 Å². The first kappa shape index (κ1) is 15.1. The fraction of sp³-hybridized carbons (Fsp3) is 0.533. The first-order valence-electron chi connectivity index (χ1n) is 6.78. The number of benzene rings is 1. The number of likely N-dealkylation sites (tertiary alicyclic amines) is 1. The van der Waals surface area contributed by atoms with E-state index in [0.717, 1.165) is 12.8 Å². The Morgan fingerprint density at radius 2 is 2.20 bits per heavy atom. The van der Waals surface area contributed by atoms with Gasteiger partial charge >= 0.3 is 0 Å². The minimum absolute atomic E-state index is 0.0396. The Kier molecular flexibility index (Phi) is 4.25. The van der Waals surface area contributed by atoms with Gasteiger partial charge < -0.3 is 15.1 Å². The molecule has 1 aromatic rings. The van der Waals surface area contributed by atoms with Crippen LogP contribution in [0.3, 0.4) is 0 Å². The third-order valence-corrected chi connectivity index (χ3v) is 4.12. The lowest BCUT2D eigenvalue weighted by atomic mass is 9.96. The molecule has 1 unspecified atom stereocenters. The lowest BCUT2D eigenvalue weighted by molar-refractivity contribution is -0.135. The predicted molar refractivity (Wildman–Crippen MR) is 77.9 cm³/mol. The van der Waals surface area contributed by atoms with Gasteiger partial charge in [0.15, 0.2) is 0 Å². The van der Waals surface area contributed by atoms with Crippen LogP contribution in [0.25, 0.3) is 0 Å². The molecule has 1 aliphatic heterocycles. The van der Waals surface area contributed by atoms with Crippen molar-refractivity contribution in [1.29, 1.82) is 0 Å². The van der Waals surface area contributed by atoms with E-state index in [1.807, 2.05) is 0 Å². The summed E-state index contributed by atoms with van der Waals surface area (Å²) in [4.78, 5) is 14.1. The van der Waals surface area contributed by atoms with Crippen molar-refractivity contribution in [2.75, 3.05) is 6.54 Å². The smallest absolute Gasteiger partial charge is 0.227 e. The molecule has 1 aromatic carbocycles. The van der Waals surface area contributed by atoms with Crippen molar-refractivity contribution in [3.63, 3.8) is 0 Å². The Balaban J connectivity index is 2.12. The Morgan fingerprint density at radius 1 is 1.50 bits per heavy atom. The van der Waals surface area contributed by atoms with Crippen LogP contribution in [0.1, 0.15) is 32.3 Å². The van der Waals surface area contributed by atoms with Crippen LogP contribution >= 0.6 is 11.6 Å². The average Bonchev–Trinajstić information content (AvgIpc) is 2.81. The summed E-state index contributed by atoms with van der Waals surface area (Å²) in [6.07, 6.45) is 1.91. The van der Waals surface area contributed by atoms with Crippen molar-refractivity contribution in [1.82, 2.24) is 4.90 Å². The van der Waals surface area contributed by atoms with Gasteiger partial charge in [-0.2, -0.15) is 0 Å². The molecule has 0 aliphatic carbocycles. The lowest BCUT2D eigenvalue weighted by Crippen LogP contribution is -2.48. The Labute approximate surface area is 124 Å². The summed E-state index contributed by atoms with van der Waals surface area (Å²) in [6.45, 7) is 4.14. The molecule has 1 aliphatic rings. The molecule has 2 N–H and O–H groups in total. The van der Waals surface area contributed by atoms with E-state index in [1.165, 1.54) is 12.1 Å². The molecule has 0 saturated carbocycles. The van der Waals surface area contributed by atoms with Gasteiger partial charge in [0.25, 0.3) is 0 Å². The molecule has 0 radical (unpaired) electrons. The predicted octanol–water partition coefficient (Wildman–Crippen LogP) is 2.35. The second-order valence-corrected chi connectivity index (χ2v) is 6.26. The molecule has 4 nitrogen and oxygen atoms in total. The van der Waals surface area contributed by atoms with E-state index in [9.17, 15) is 15.0 Å². The zero-order chi connectivity index (χ0) is 14.9. The van der Waals surface area contributed by atoms with Gasteiger partial charge in [-0.3, -0.25) is 4.79 Å². The summed E-state index contributed by atoms with van der Waals surface area (Å²) in [6, 6.07) is 4.46. The maximum atomic E-state index is 12.4. The monoisotopic (exact) mass is 297 g/mol. The molecule has 1 heterocycles. The molecule has 0 aromatic heterocycles. The largest absolute Gasteiger partial charge is 0.508 e. The van der Waals surface area contributed by atoms with E-state index in [2.05, 4.69) is 0 Å². The molecule has 0 spiro atoms. The quantitative estimate of drug-likeness (QED) is 0.900. The van der Waals surface area contributed by atoms with E-state index in [4.69, 9.17) is 11.6 Å². The van der Waals surface area contributed by atoms with Gasteiger partial charge in [-0.25, -0.2) is 0 Å². The lowest BCUT2D eigenvalue weighted by Gasteiger charge is -2.34. The molecule has 1 saturated heterocycles. The van der Waals surface area contributed by atoms with Crippen molar-refractivity contribution in [2.45, 2.75) is 44.8 Å². The van der Waals surface area contributed by atoms with Crippen molar-refractivity contribution >= 4 is 17.5 Å². The van der Waals surface area contributed by atoms with E-state index >= 15 is 0 Å². The molecule has 1 amide bonds. The van der Waals surface area contributed by atoms with Gasteiger partial charge in [0.05, 0.1) is 18.1 Å². The summed E-state index contributed by atoms with van der Waals surface area (Å²) < 4.78 is 0. The second kappa shape index (κ2) is 5.62. The average molecular weight is 298 g/mol. The van der Waals surface area contributed by atoms with E-state index in [1.54, 1.807) is 24.8 Å². The maximum absolute atomic E-state index is 12.4. The van der Waals surface area contributed by atoms with Crippen molar-refractivity contribution < 1.29 is 15.0 Å². The molecule has 1 atom stereocenters. The Bertz CT molecular complexity index is 510. The Hall–Kier alpha value is -1.26. The molecule has 2 rings (SSSR count). The molecule has 0 bridgehead atoms. The highest BCUT2D eigenvalue weighted by Gasteiger charge is 2.38. The third kappa shape index (κ3) is 3.25. The van der Waals surface area contributed by atoms with Crippen LogP contribution in [0.15, 0.2) is 18.2 Å². The number of halogens is 1. The number of hydrogen-bond donors (Lipinski definition) is 2. The minimum atomic E-state index is -0.898. The molecular formula is C15H20ClNO3. The zero-order valence-corrected chi connectivity index (χ0v) is 12.5. The second-order valence-electron chi connectivity index (χ2n) is 5.85. The first-order chi connectivity index (χ1) is 9.29. The number of phenolic OH excluding ortho intramolecular Hbond substituents is 1. The highest BCUT2D eigenvalue weighted by Crippen LogP contribution is 2.28. The topological polar surface area (TPSA) is 60.8 Å². The van der Waals surface area contributed by atoms with Gasteiger partial charge in [0.1, 0.15) is 5.75 Å². The van der Waals surface area contributed by atoms with Crippen LogP contribution in [0, 0.1) is 0 Å². The van der Waals surface area contributed by atoms with E-state index in [0.29, 0.717) is 17.1 Å².